The second-order valence-electron chi connectivity index (χ2n) is 7.78. The highest BCUT2D eigenvalue weighted by Gasteiger charge is 2.56. The van der Waals surface area contributed by atoms with E-state index in [1.54, 1.807) is 6.92 Å². The number of aldehydes is 1. The van der Waals surface area contributed by atoms with Crippen LogP contribution in [0.25, 0.3) is 0 Å². The zero-order chi connectivity index (χ0) is 20.8. The molecule has 5 heteroatoms. The lowest BCUT2D eigenvalue weighted by Crippen LogP contribution is -2.39. The van der Waals surface area contributed by atoms with Crippen molar-refractivity contribution in [2.24, 2.45) is 5.92 Å². The van der Waals surface area contributed by atoms with E-state index in [0.717, 1.165) is 10.6 Å². The maximum atomic E-state index is 12.4. The van der Waals surface area contributed by atoms with Gasteiger partial charge in [-0.1, -0.05) is 49.9 Å². The van der Waals surface area contributed by atoms with E-state index in [1.807, 2.05) is 36.4 Å². The quantitative estimate of drug-likeness (QED) is 0.418. The van der Waals surface area contributed by atoms with Gasteiger partial charge < -0.3 is 5.32 Å². The molecule has 0 bridgehead atoms. The molecule has 0 radical (unpaired) electrons. The minimum Gasteiger partial charge on any atom is -0.323 e. The van der Waals surface area contributed by atoms with Crippen LogP contribution in [0.4, 0.5) is 0 Å². The van der Waals surface area contributed by atoms with Crippen LogP contribution in [-0.4, -0.2) is 24.0 Å². The molecule has 1 N–H and O–H groups in total. The van der Waals surface area contributed by atoms with Crippen LogP contribution in [0.2, 0.25) is 0 Å². The average molecular weight is 398 g/mol. The van der Waals surface area contributed by atoms with Gasteiger partial charge in [0.25, 0.3) is 0 Å². The Morgan fingerprint density at radius 3 is 1.93 bits per heavy atom. The lowest BCUT2D eigenvalue weighted by molar-refractivity contribution is -0.125. The zero-order valence-electron chi connectivity index (χ0n) is 17.0. The number of nitrogens with one attached hydrogen (secondary N) is 1. The van der Waals surface area contributed by atoms with Gasteiger partial charge in [0.2, 0.25) is 13.4 Å². The van der Waals surface area contributed by atoms with E-state index in [1.165, 1.54) is 0 Å². The Hall–Kier alpha value is -2.29. The average Bonchev–Trinajstić information content (AvgIpc) is 2.68. The smallest absolute Gasteiger partial charge is 0.229 e. The Morgan fingerprint density at radius 2 is 1.54 bits per heavy atom. The molecule has 0 aliphatic heterocycles. The van der Waals surface area contributed by atoms with Gasteiger partial charge in [0.05, 0.1) is 11.6 Å². The van der Waals surface area contributed by atoms with Crippen molar-refractivity contribution >= 4 is 30.3 Å². The summed E-state index contributed by atoms with van der Waals surface area (Å²) in [5.41, 5.74) is 0.0554. The Morgan fingerprint density at radius 1 is 1.07 bits per heavy atom. The number of carbonyl (C=O) groups excluding carboxylic acids is 2. The van der Waals surface area contributed by atoms with Crippen molar-refractivity contribution in [3.8, 4) is 0 Å². The first-order valence-electron chi connectivity index (χ1n) is 9.32. The molecule has 1 unspecified atom stereocenters. The molecule has 0 saturated heterocycles. The highest BCUT2D eigenvalue weighted by atomic mass is 31.2. The van der Waals surface area contributed by atoms with Gasteiger partial charge >= 0.3 is 0 Å². The maximum absolute atomic E-state index is 12.4. The summed E-state index contributed by atoms with van der Waals surface area (Å²) < 4.78 is 6.70. The molecule has 28 heavy (non-hydrogen) atoms. The summed E-state index contributed by atoms with van der Waals surface area (Å²) in [6, 6.07) is 20.5. The van der Waals surface area contributed by atoms with Crippen LogP contribution in [0.5, 0.6) is 0 Å². The summed E-state index contributed by atoms with van der Waals surface area (Å²) in [6.45, 7) is 12.1. The largest absolute Gasteiger partial charge is 0.323 e. The first kappa shape index (κ1) is 22.0. The summed E-state index contributed by atoms with van der Waals surface area (Å²) in [6.07, 6.45) is 0.534. The molecule has 0 fully saturated rings. The van der Waals surface area contributed by atoms with Crippen molar-refractivity contribution in [2.45, 2.75) is 32.9 Å². The lowest BCUT2D eigenvalue weighted by Gasteiger charge is -2.36. The number of hydrogen-bond donors (Lipinski definition) is 1. The Labute approximate surface area is 168 Å². The molecular weight excluding hydrogens is 369 g/mol. The molecular formula is C23H29NO3P+. The van der Waals surface area contributed by atoms with E-state index in [0.29, 0.717) is 6.29 Å². The topological polar surface area (TPSA) is 55.4 Å². The first-order chi connectivity index (χ1) is 13.2. The van der Waals surface area contributed by atoms with Crippen LogP contribution in [0, 0.1) is 5.92 Å². The zero-order valence-corrected chi connectivity index (χ0v) is 17.9. The van der Waals surface area contributed by atoms with E-state index >= 15 is 0 Å². The van der Waals surface area contributed by atoms with E-state index in [4.69, 9.17) is 4.52 Å². The molecule has 1 amide bonds. The summed E-state index contributed by atoms with van der Waals surface area (Å²) in [4.78, 5) is 23.1. The van der Waals surface area contributed by atoms with Crippen LogP contribution in [0.3, 0.4) is 0 Å². The van der Waals surface area contributed by atoms with Crippen LogP contribution >= 0.6 is 7.49 Å². The Balaban J connectivity index is 2.43. The third-order valence-corrected chi connectivity index (χ3v) is 9.05. The summed E-state index contributed by atoms with van der Waals surface area (Å²) in [7, 11) is -2.29. The number of carbonyl (C=O) groups is 2. The predicted octanol–water partition coefficient (Wildman–Crippen LogP) is 3.85. The molecule has 4 nitrogen and oxygen atoms in total. The molecule has 148 valence electrons. The normalized spacial score (nSPS) is 12.9. The minimum atomic E-state index is -2.29. The SMILES string of the molecule is C=C(C=O)NC(=O)C(C)CO[P+](c1ccccc1)(c1ccccc1)C(C)(C)C. The van der Waals surface area contributed by atoms with Crippen LogP contribution < -0.4 is 15.9 Å². The van der Waals surface area contributed by atoms with E-state index < -0.39 is 13.4 Å². The predicted molar refractivity (Wildman–Crippen MR) is 117 cm³/mol. The fraction of sp³-hybridized carbons (Fsp3) is 0.304. The van der Waals surface area contributed by atoms with Gasteiger partial charge in [-0.15, -0.1) is 0 Å². The standard InChI is InChI=1S/C23H28NO3P/c1-18(22(26)24-19(2)16-25)17-27-28(23(3,4)5,20-12-8-6-9-13-20)21-14-10-7-11-15-21/h6-16,18H,2,17H2,1,3-5H3/p+1. The first-order valence-corrected chi connectivity index (χ1v) is 11.0. The van der Waals surface area contributed by atoms with Crippen molar-refractivity contribution in [3.63, 3.8) is 0 Å². The monoisotopic (exact) mass is 398 g/mol. The Kier molecular flexibility index (Phi) is 7.29. The van der Waals surface area contributed by atoms with Gasteiger partial charge in [-0.2, -0.15) is 0 Å². The number of benzene rings is 2. The third kappa shape index (κ3) is 4.76. The second-order valence-corrected chi connectivity index (χ2v) is 11.6. The highest BCUT2D eigenvalue weighted by molar-refractivity contribution is 7.86. The minimum absolute atomic E-state index is 0.0554. The number of rotatable bonds is 8. The second kappa shape index (κ2) is 9.27. The molecule has 0 aliphatic rings. The van der Waals surface area contributed by atoms with E-state index in [9.17, 15) is 9.59 Å². The molecule has 2 rings (SSSR count). The molecule has 0 spiro atoms. The van der Waals surface area contributed by atoms with Gasteiger partial charge in [0.15, 0.2) is 6.29 Å². The number of hydrogen-bond acceptors (Lipinski definition) is 3. The molecule has 0 aliphatic carbocycles. The molecule has 0 heterocycles. The molecule has 0 saturated carbocycles. The molecule has 2 aromatic rings. The van der Waals surface area contributed by atoms with Gasteiger partial charge in [-0.25, -0.2) is 4.52 Å². The van der Waals surface area contributed by atoms with Gasteiger partial charge in [-0.05, 0) is 45.0 Å². The molecule has 1 atom stereocenters. The summed E-state index contributed by atoms with van der Waals surface area (Å²) in [5, 5.41) is 4.61. The highest BCUT2D eigenvalue weighted by Crippen LogP contribution is 2.67. The van der Waals surface area contributed by atoms with Crippen molar-refractivity contribution < 1.29 is 14.1 Å². The van der Waals surface area contributed by atoms with Crippen LogP contribution in [0.15, 0.2) is 72.9 Å². The summed E-state index contributed by atoms with van der Waals surface area (Å²) >= 11 is 0. The number of amides is 1. The van der Waals surface area contributed by atoms with Crippen LogP contribution in [0.1, 0.15) is 27.7 Å². The molecule has 0 aromatic heterocycles. The van der Waals surface area contributed by atoms with Crippen molar-refractivity contribution in [1.82, 2.24) is 5.32 Å². The van der Waals surface area contributed by atoms with Crippen molar-refractivity contribution in [2.75, 3.05) is 6.61 Å². The van der Waals surface area contributed by atoms with Crippen molar-refractivity contribution in [3.05, 3.63) is 72.9 Å². The van der Waals surface area contributed by atoms with Crippen molar-refractivity contribution in [1.29, 1.82) is 0 Å². The third-order valence-electron chi connectivity index (χ3n) is 4.58. The van der Waals surface area contributed by atoms with E-state index in [-0.39, 0.29) is 23.4 Å². The van der Waals surface area contributed by atoms with E-state index in [2.05, 4.69) is 56.9 Å². The molecule has 2 aromatic carbocycles. The van der Waals surface area contributed by atoms with Gasteiger partial charge in [0, 0.05) is 0 Å². The summed E-state index contributed by atoms with van der Waals surface area (Å²) in [5.74, 6) is -0.698. The lowest BCUT2D eigenvalue weighted by atomic mass is 10.2. The fourth-order valence-electron chi connectivity index (χ4n) is 3.15. The van der Waals surface area contributed by atoms with Crippen LogP contribution in [-0.2, 0) is 14.1 Å². The Bertz CT molecular complexity index is 773. The van der Waals surface area contributed by atoms with Gasteiger partial charge in [-0.3, -0.25) is 9.59 Å². The maximum Gasteiger partial charge on any atom is 0.229 e. The fourth-order valence-corrected chi connectivity index (χ4v) is 7.32. The van der Waals surface area contributed by atoms with Gasteiger partial charge in [0.1, 0.15) is 22.4 Å². The number of allylic oxidation sites excluding steroid dienone is 1.